The predicted octanol–water partition coefficient (Wildman–Crippen LogP) is 14.7. The van der Waals surface area contributed by atoms with Gasteiger partial charge in [-0.1, -0.05) is 251 Å². The molecule has 3 spiro atoms. The minimum Gasteiger partial charge on any atom is -0.311 e. The summed E-state index contributed by atoms with van der Waals surface area (Å²) >= 11 is 0. The maximum absolute atomic E-state index is 2.73. The van der Waals surface area contributed by atoms with E-state index >= 15 is 0 Å². The summed E-state index contributed by atoms with van der Waals surface area (Å²) in [6.45, 7) is 14.0. The second kappa shape index (κ2) is 15.7. The molecule has 0 radical (unpaired) electrons. The van der Waals surface area contributed by atoms with Crippen LogP contribution in [0.3, 0.4) is 0 Å². The van der Waals surface area contributed by atoms with E-state index in [4.69, 9.17) is 0 Å². The van der Waals surface area contributed by atoms with Crippen molar-refractivity contribution in [3.8, 4) is 11.1 Å². The summed E-state index contributed by atoms with van der Waals surface area (Å²) in [5, 5.41) is 0. The number of fused-ring (bicyclic) bond motifs is 11. The zero-order chi connectivity index (χ0) is 57.5. The molecule has 4 aliphatic heterocycles. The number of hydrogen-bond acceptors (Lipinski definition) is 2. The van der Waals surface area contributed by atoms with E-state index < -0.39 is 5.41 Å². The van der Waals surface area contributed by atoms with Gasteiger partial charge < -0.3 is 9.80 Å². The van der Waals surface area contributed by atoms with E-state index in [1.807, 2.05) is 0 Å². The van der Waals surface area contributed by atoms with Crippen LogP contribution in [0.4, 0.5) is 34.1 Å². The Morgan fingerprint density at radius 3 is 1.47 bits per heavy atom. The van der Waals surface area contributed by atoms with Crippen LogP contribution in [0.15, 0.2) is 231 Å². The Morgan fingerprint density at radius 2 is 0.816 bits per heavy atom. The van der Waals surface area contributed by atoms with Crippen LogP contribution in [-0.4, -0.2) is 13.4 Å². The van der Waals surface area contributed by atoms with Crippen LogP contribution in [0.2, 0.25) is 0 Å². The summed E-state index contributed by atoms with van der Waals surface area (Å²) in [5.41, 5.74) is 46.1. The fourth-order valence-electron chi connectivity index (χ4n) is 21.2. The highest BCUT2D eigenvalue weighted by Crippen LogP contribution is 2.84. The van der Waals surface area contributed by atoms with Gasteiger partial charge in [0.25, 0.3) is 0 Å². The van der Waals surface area contributed by atoms with Gasteiger partial charge in [0, 0.05) is 40.0 Å². The first kappa shape index (κ1) is 47.6. The van der Waals surface area contributed by atoms with Gasteiger partial charge >= 0.3 is 0 Å². The second-order valence-corrected chi connectivity index (χ2v) is 27.2. The number of para-hydroxylation sites is 3. The molecule has 22 rings (SSSR count). The molecule has 3 unspecified atom stereocenters. The van der Waals surface area contributed by atoms with Gasteiger partial charge in [0.15, 0.2) is 0 Å². The molecule has 0 N–H and O–H groups in total. The van der Waals surface area contributed by atoms with Crippen molar-refractivity contribution in [1.29, 1.82) is 0 Å². The van der Waals surface area contributed by atoms with E-state index in [0.717, 1.165) is 0 Å². The zero-order valence-corrected chi connectivity index (χ0v) is 49.6. The second-order valence-electron chi connectivity index (χ2n) is 27.2. The summed E-state index contributed by atoms with van der Waals surface area (Å²) in [5.74, 6) is 0.330. The molecular weight excluding hydrogens is 1050 g/mol. The van der Waals surface area contributed by atoms with Gasteiger partial charge in [0.2, 0.25) is 13.4 Å². The lowest BCUT2D eigenvalue weighted by molar-refractivity contribution is 0.257. The van der Waals surface area contributed by atoms with E-state index in [0.29, 0.717) is 0 Å². The SMILES string of the molecule is Cc1cc(C)c(B2c3ccccc3N3c4cccc5c4C4(c6ccccc6C46c4ccc(-c7ccc8c(c7)N7c9ccccc9B(c9c(C)cc(C)cc9C)c9ccc%10c(c97)C87c8ccccc8C%10c8ccccc87)cc4C56)c4cccc2c43)c(C)c1. The van der Waals surface area contributed by atoms with Crippen molar-refractivity contribution in [2.45, 2.75) is 69.6 Å². The average Bonchev–Trinajstić information content (AvgIpc) is 1.56. The van der Waals surface area contributed by atoms with E-state index in [1.165, 1.54) is 189 Å². The molecule has 4 heteroatoms. The fraction of sp³-hybridized carbons (Fsp3) is 0.133. The molecule has 0 saturated carbocycles. The van der Waals surface area contributed by atoms with Gasteiger partial charge in [0.1, 0.15) is 0 Å². The molecule has 12 aromatic rings. The van der Waals surface area contributed by atoms with Crippen molar-refractivity contribution in [2.24, 2.45) is 0 Å². The van der Waals surface area contributed by atoms with Crippen LogP contribution >= 0.6 is 0 Å². The van der Waals surface area contributed by atoms with Gasteiger partial charge in [-0.05, 0) is 177 Å². The Kier molecular flexibility index (Phi) is 8.57. The van der Waals surface area contributed by atoms with Crippen molar-refractivity contribution in [2.75, 3.05) is 9.80 Å². The Hall–Kier alpha value is -9.63. The third-order valence-electron chi connectivity index (χ3n) is 23.4. The molecule has 0 amide bonds. The molecule has 0 saturated heterocycles. The fourth-order valence-corrected chi connectivity index (χ4v) is 21.2. The number of rotatable bonds is 3. The largest absolute Gasteiger partial charge is 0.311 e. The summed E-state index contributed by atoms with van der Waals surface area (Å²) in [6.07, 6.45) is 0. The molecule has 10 aliphatic rings. The quantitative estimate of drug-likeness (QED) is 0.163. The van der Waals surface area contributed by atoms with Crippen molar-refractivity contribution in [3.05, 3.63) is 342 Å². The summed E-state index contributed by atoms with van der Waals surface area (Å²) in [7, 11) is 0. The van der Waals surface area contributed by atoms with Crippen molar-refractivity contribution in [1.82, 2.24) is 0 Å². The molecule has 406 valence electrons. The van der Waals surface area contributed by atoms with Gasteiger partial charge in [-0.25, -0.2) is 0 Å². The minimum absolute atomic E-state index is 0.0720. The predicted molar refractivity (Wildman–Crippen MR) is 360 cm³/mol. The summed E-state index contributed by atoms with van der Waals surface area (Å²) < 4.78 is 0. The van der Waals surface area contributed by atoms with Gasteiger partial charge in [0.05, 0.1) is 22.2 Å². The van der Waals surface area contributed by atoms with Crippen LogP contribution in [0.5, 0.6) is 0 Å². The lowest BCUT2D eigenvalue weighted by Gasteiger charge is -2.67. The molecule has 0 aromatic heterocycles. The third kappa shape index (κ3) is 5.04. The first-order chi connectivity index (χ1) is 42.7. The Balaban J connectivity index is 0.799. The number of aryl methyl sites for hydroxylation is 6. The minimum atomic E-state index is -0.518. The van der Waals surface area contributed by atoms with Crippen LogP contribution in [0.25, 0.3) is 11.1 Å². The maximum Gasteiger partial charge on any atom is 0.247 e. The monoisotopic (exact) mass is 1100 g/mol. The normalized spacial score (nSPS) is 21.5. The van der Waals surface area contributed by atoms with Gasteiger partial charge in [-0.15, -0.1) is 0 Å². The number of nitrogens with zero attached hydrogens (tertiary/aromatic N) is 2. The number of hydrogen-bond donors (Lipinski definition) is 0. The van der Waals surface area contributed by atoms with E-state index in [9.17, 15) is 0 Å². The Morgan fingerprint density at radius 1 is 0.322 bits per heavy atom. The van der Waals surface area contributed by atoms with Crippen molar-refractivity contribution >= 4 is 80.3 Å². The van der Waals surface area contributed by atoms with Crippen LogP contribution in [0, 0.1) is 41.5 Å². The first-order valence-electron chi connectivity index (χ1n) is 31.6. The highest BCUT2D eigenvalue weighted by molar-refractivity contribution is 6.99. The molecule has 0 fully saturated rings. The topological polar surface area (TPSA) is 6.48 Å². The lowest BCUT2D eigenvalue weighted by Crippen LogP contribution is -2.66. The number of anilines is 6. The van der Waals surface area contributed by atoms with Crippen LogP contribution in [0.1, 0.15) is 123 Å². The van der Waals surface area contributed by atoms with E-state index in [-0.39, 0.29) is 36.1 Å². The molecule has 3 atom stereocenters. The molecule has 2 bridgehead atoms. The average molecular weight is 1110 g/mol. The van der Waals surface area contributed by atoms with E-state index in [2.05, 4.69) is 282 Å². The number of benzene rings is 12. The molecule has 6 aliphatic carbocycles. The van der Waals surface area contributed by atoms with Crippen molar-refractivity contribution in [3.63, 3.8) is 0 Å². The van der Waals surface area contributed by atoms with Crippen LogP contribution < -0.4 is 42.6 Å². The standard InChI is InChI=1S/C83H58B2N2/c1-45-39-47(3)77(48(4)40-45)84-65-27-13-15-30-69(65)86-71-32-17-21-56-74-57-43-51(33-36-60(57)82(74)61-24-11-12-25-62(61)83(82,75(56)71)64-26-18-29-67(84)79(64)86)52-34-37-63-72(44-52)87-70-31-16-14-28-66(70)85(78-49(5)41-46(2)42-50(78)6)68-38-35-55-73-53-19-7-9-22-58(53)81(63,76(55)80(68)87)59-23-10-8-20-54(59)73/h7-44,73-74H,1-6H3. The summed E-state index contributed by atoms with van der Waals surface area (Å²) in [6, 6.07) is 91.9. The van der Waals surface area contributed by atoms with Crippen molar-refractivity contribution < 1.29 is 0 Å². The van der Waals surface area contributed by atoms with E-state index in [1.54, 1.807) is 0 Å². The molecular formula is C83H58B2N2. The summed E-state index contributed by atoms with van der Waals surface area (Å²) in [4.78, 5) is 5.41. The Labute approximate surface area is 509 Å². The highest BCUT2D eigenvalue weighted by atomic mass is 15.2. The third-order valence-corrected chi connectivity index (χ3v) is 23.4. The maximum atomic E-state index is 2.73. The Bertz CT molecular complexity index is 5180. The van der Waals surface area contributed by atoms with Crippen LogP contribution in [-0.2, 0) is 16.2 Å². The zero-order valence-electron chi connectivity index (χ0n) is 49.6. The lowest BCUT2D eigenvalue weighted by atomic mass is 9.31. The smallest absolute Gasteiger partial charge is 0.247 e. The molecule has 4 heterocycles. The molecule has 2 nitrogen and oxygen atoms in total. The highest BCUT2D eigenvalue weighted by Gasteiger charge is 2.80. The molecule has 87 heavy (non-hydrogen) atoms. The van der Waals surface area contributed by atoms with Gasteiger partial charge in [-0.3, -0.25) is 0 Å². The first-order valence-corrected chi connectivity index (χ1v) is 31.6. The van der Waals surface area contributed by atoms with Gasteiger partial charge in [-0.2, -0.15) is 0 Å². The molecule has 12 aromatic carbocycles.